The van der Waals surface area contributed by atoms with Gasteiger partial charge in [-0.3, -0.25) is 4.79 Å². The standard InChI is InChI=1S/C28H34N5O5P/c1-3-11-25-27(29)30-20-31-33(25)26-17-16-23(37-26)19-36-39(38-22-14-9-6-10-15-22)32-24(28(34)35-4-2)18-21-12-7-5-8-13-21/h3,5-15,20,23-24,26,32H,1,4,16-19H2,2H3,(H2,29,30,31)/b25-11-/t23?,24?,26-,39?/m1/s1. The number of nitrogens with one attached hydrogen (secondary N) is 1. The van der Waals surface area contributed by atoms with Crippen molar-refractivity contribution < 1.29 is 23.3 Å². The largest absolute Gasteiger partial charge is 0.465 e. The number of nitrogens with zero attached hydrogens (tertiary/aromatic N) is 3. The Hall–Kier alpha value is -3.56. The molecule has 0 radical (unpaired) electrons. The quantitative estimate of drug-likeness (QED) is 0.280. The van der Waals surface area contributed by atoms with Crippen molar-refractivity contribution in [2.24, 2.45) is 15.8 Å². The van der Waals surface area contributed by atoms with Crippen molar-refractivity contribution in [2.75, 3.05) is 13.2 Å². The minimum absolute atomic E-state index is 0.211. The van der Waals surface area contributed by atoms with Crippen LogP contribution in [-0.4, -0.2) is 54.7 Å². The van der Waals surface area contributed by atoms with Gasteiger partial charge in [0.15, 0.2) is 12.1 Å². The number of aliphatic imine (C=N–C) groups is 1. The van der Waals surface area contributed by atoms with Crippen LogP contribution in [0.1, 0.15) is 25.3 Å². The molecular formula is C28H34N5O5P. The number of para-hydroxylation sites is 1. The van der Waals surface area contributed by atoms with Gasteiger partial charge in [0.2, 0.25) is 0 Å². The number of ether oxygens (including phenoxy) is 2. The van der Waals surface area contributed by atoms with E-state index in [1.165, 1.54) is 6.34 Å². The first-order chi connectivity index (χ1) is 19.1. The molecule has 0 spiro atoms. The van der Waals surface area contributed by atoms with E-state index in [4.69, 9.17) is 24.3 Å². The number of hydrogen-bond donors (Lipinski definition) is 2. The van der Waals surface area contributed by atoms with Crippen LogP contribution in [0.15, 0.2) is 95.2 Å². The van der Waals surface area contributed by atoms with Crippen LogP contribution in [0, 0.1) is 0 Å². The molecule has 2 aromatic rings. The highest BCUT2D eigenvalue weighted by Gasteiger charge is 2.34. The summed E-state index contributed by atoms with van der Waals surface area (Å²) in [4.78, 5) is 16.9. The summed E-state index contributed by atoms with van der Waals surface area (Å²) in [6, 6.07) is 18.4. The van der Waals surface area contributed by atoms with E-state index >= 15 is 0 Å². The second kappa shape index (κ2) is 14.6. The summed E-state index contributed by atoms with van der Waals surface area (Å²) < 4.78 is 24.0. The molecule has 3 N–H and O–H groups in total. The van der Waals surface area contributed by atoms with Gasteiger partial charge in [0.1, 0.15) is 23.8 Å². The number of carbonyl (C=O) groups excluding carboxylic acids is 1. The number of allylic oxidation sites excluding steroid dienone is 2. The van der Waals surface area contributed by atoms with Crippen molar-refractivity contribution in [3.63, 3.8) is 0 Å². The molecule has 0 saturated carbocycles. The molecule has 1 fully saturated rings. The van der Waals surface area contributed by atoms with E-state index in [1.807, 2.05) is 60.7 Å². The molecule has 2 aliphatic heterocycles. The van der Waals surface area contributed by atoms with Crippen LogP contribution in [0.2, 0.25) is 0 Å². The lowest BCUT2D eigenvalue weighted by molar-refractivity contribution is -0.145. The maximum Gasteiger partial charge on any atom is 0.323 e. The van der Waals surface area contributed by atoms with Gasteiger partial charge in [0.05, 0.1) is 19.3 Å². The van der Waals surface area contributed by atoms with E-state index in [1.54, 1.807) is 24.1 Å². The first kappa shape index (κ1) is 28.4. The second-order valence-corrected chi connectivity index (χ2v) is 9.96. The van der Waals surface area contributed by atoms with Gasteiger partial charge in [-0.15, -0.1) is 0 Å². The summed E-state index contributed by atoms with van der Waals surface area (Å²) in [7, 11) is -1.72. The van der Waals surface area contributed by atoms with Gasteiger partial charge in [-0.2, -0.15) is 5.10 Å². The minimum atomic E-state index is -1.72. The number of hydrazone groups is 1. The van der Waals surface area contributed by atoms with Crippen molar-refractivity contribution in [2.45, 2.75) is 44.6 Å². The van der Waals surface area contributed by atoms with Crippen molar-refractivity contribution in [3.05, 3.63) is 90.7 Å². The lowest BCUT2D eigenvalue weighted by Crippen LogP contribution is -2.39. The van der Waals surface area contributed by atoms with Crippen molar-refractivity contribution in [1.29, 1.82) is 0 Å². The summed E-state index contributed by atoms with van der Waals surface area (Å²) in [5.74, 6) is 0.607. The molecule has 4 rings (SSSR count). The maximum absolute atomic E-state index is 12.9. The average molecular weight is 552 g/mol. The minimum Gasteiger partial charge on any atom is -0.465 e. The molecule has 2 heterocycles. The Labute approximate surface area is 230 Å². The molecule has 0 aliphatic carbocycles. The fourth-order valence-corrected chi connectivity index (χ4v) is 5.35. The molecule has 39 heavy (non-hydrogen) atoms. The Bertz CT molecular complexity index is 1180. The van der Waals surface area contributed by atoms with Gasteiger partial charge in [-0.1, -0.05) is 61.2 Å². The van der Waals surface area contributed by atoms with Crippen molar-refractivity contribution >= 4 is 26.7 Å². The molecule has 10 nitrogen and oxygen atoms in total. The molecule has 0 aromatic heterocycles. The van der Waals surface area contributed by atoms with E-state index in [0.29, 0.717) is 23.7 Å². The van der Waals surface area contributed by atoms with Crippen LogP contribution in [0.4, 0.5) is 0 Å². The van der Waals surface area contributed by atoms with Gasteiger partial charge in [-0.05, 0) is 50.0 Å². The van der Waals surface area contributed by atoms with Crippen LogP contribution >= 0.6 is 8.53 Å². The first-order valence-electron chi connectivity index (χ1n) is 12.8. The third kappa shape index (κ3) is 8.21. The van der Waals surface area contributed by atoms with Crippen LogP contribution in [0.5, 0.6) is 5.75 Å². The van der Waals surface area contributed by atoms with Crippen LogP contribution in [0.3, 0.4) is 0 Å². The number of hydrogen-bond acceptors (Lipinski definition) is 10. The Morgan fingerprint density at radius 1 is 1.23 bits per heavy atom. The maximum atomic E-state index is 12.9. The Morgan fingerprint density at radius 2 is 1.97 bits per heavy atom. The Kier molecular flexibility index (Phi) is 10.6. The third-order valence-corrected chi connectivity index (χ3v) is 7.22. The molecule has 1 saturated heterocycles. The zero-order chi connectivity index (χ0) is 27.5. The van der Waals surface area contributed by atoms with Gasteiger partial charge >= 0.3 is 14.5 Å². The second-order valence-electron chi connectivity index (χ2n) is 8.75. The van der Waals surface area contributed by atoms with Gasteiger partial charge < -0.3 is 24.3 Å². The van der Waals surface area contributed by atoms with Crippen molar-refractivity contribution in [3.8, 4) is 5.75 Å². The molecule has 4 atom stereocenters. The third-order valence-electron chi connectivity index (χ3n) is 5.94. The lowest BCUT2D eigenvalue weighted by Gasteiger charge is -2.29. The fourth-order valence-electron chi connectivity index (χ4n) is 4.10. The summed E-state index contributed by atoms with van der Waals surface area (Å²) in [6.07, 6.45) is 6.15. The van der Waals surface area contributed by atoms with E-state index in [2.05, 4.69) is 21.8 Å². The molecule has 0 amide bonds. The van der Waals surface area contributed by atoms with Crippen LogP contribution in [0.25, 0.3) is 0 Å². The van der Waals surface area contributed by atoms with E-state index in [0.717, 1.165) is 18.4 Å². The number of esters is 1. The fraction of sp³-hybridized carbons (Fsp3) is 0.321. The summed E-state index contributed by atoms with van der Waals surface area (Å²) in [5, 5.41) is 9.32. The Morgan fingerprint density at radius 3 is 2.69 bits per heavy atom. The number of rotatable bonds is 13. The summed E-state index contributed by atoms with van der Waals surface area (Å²) >= 11 is 0. The number of amidine groups is 1. The van der Waals surface area contributed by atoms with Gasteiger partial charge in [0.25, 0.3) is 0 Å². The van der Waals surface area contributed by atoms with E-state index < -0.39 is 14.6 Å². The highest BCUT2D eigenvalue weighted by Crippen LogP contribution is 2.38. The molecule has 2 aliphatic rings. The smallest absolute Gasteiger partial charge is 0.323 e. The lowest BCUT2D eigenvalue weighted by atomic mass is 10.1. The molecule has 2 aromatic carbocycles. The van der Waals surface area contributed by atoms with E-state index in [9.17, 15) is 4.79 Å². The van der Waals surface area contributed by atoms with Crippen LogP contribution in [-0.2, 0) is 25.2 Å². The molecular weight excluding hydrogens is 517 g/mol. The molecule has 206 valence electrons. The van der Waals surface area contributed by atoms with Gasteiger partial charge in [-0.25, -0.2) is 15.1 Å². The average Bonchev–Trinajstić information content (AvgIpc) is 3.43. The highest BCUT2D eigenvalue weighted by molar-refractivity contribution is 7.45. The topological polar surface area (TPSA) is 120 Å². The molecule has 11 heteroatoms. The Balaban J connectivity index is 1.43. The predicted molar refractivity (Wildman–Crippen MR) is 152 cm³/mol. The number of carbonyl (C=O) groups is 1. The first-order valence-corrected chi connectivity index (χ1v) is 14.0. The number of benzene rings is 2. The number of nitrogens with two attached hydrogens (primary N) is 1. The van der Waals surface area contributed by atoms with Gasteiger partial charge in [0, 0.05) is 0 Å². The SMILES string of the molecule is C=C/C=C1/C(N)=NC=NN1[C@H]1CCC(COP(NC(Cc2ccccc2)C(=O)OCC)Oc2ccccc2)O1. The summed E-state index contributed by atoms with van der Waals surface area (Å²) in [5.41, 5.74) is 7.66. The zero-order valence-electron chi connectivity index (χ0n) is 21.9. The molecule has 3 unspecified atom stereocenters. The zero-order valence-corrected chi connectivity index (χ0v) is 22.8. The summed E-state index contributed by atoms with van der Waals surface area (Å²) in [6.45, 7) is 6.06. The van der Waals surface area contributed by atoms with E-state index in [-0.39, 0.29) is 31.5 Å². The van der Waals surface area contributed by atoms with Crippen molar-refractivity contribution in [1.82, 2.24) is 10.1 Å². The molecule has 0 bridgehead atoms. The highest BCUT2D eigenvalue weighted by atomic mass is 31.2. The predicted octanol–water partition coefficient (Wildman–Crippen LogP) is 4.26. The van der Waals surface area contributed by atoms with Crippen LogP contribution < -0.4 is 15.3 Å². The normalized spacial score (nSPS) is 21.3. The monoisotopic (exact) mass is 551 g/mol.